The van der Waals surface area contributed by atoms with Crippen molar-refractivity contribution in [2.24, 2.45) is 0 Å². The molecule has 0 aliphatic carbocycles. The van der Waals surface area contributed by atoms with Crippen molar-refractivity contribution in [3.8, 4) is 0 Å². The van der Waals surface area contributed by atoms with E-state index in [9.17, 15) is 22.4 Å². The molecule has 1 atom stereocenters. The van der Waals surface area contributed by atoms with E-state index in [4.69, 9.17) is 11.6 Å². The van der Waals surface area contributed by atoms with Crippen molar-refractivity contribution in [2.75, 3.05) is 4.90 Å². The maximum absolute atomic E-state index is 13.4. The van der Waals surface area contributed by atoms with Crippen LogP contribution in [0.5, 0.6) is 0 Å². The number of H-pyrrole nitrogens is 1. The van der Waals surface area contributed by atoms with Gasteiger partial charge >= 0.3 is 6.18 Å². The summed E-state index contributed by atoms with van der Waals surface area (Å²) in [6.07, 6.45) is -2.84. The van der Waals surface area contributed by atoms with Gasteiger partial charge in [-0.3, -0.25) is 4.79 Å². The highest BCUT2D eigenvalue weighted by Gasteiger charge is 2.35. The first-order valence-corrected chi connectivity index (χ1v) is 9.29. The molecule has 7 nitrogen and oxygen atoms in total. The first-order chi connectivity index (χ1) is 14.1. The molecule has 0 spiro atoms. The van der Waals surface area contributed by atoms with Gasteiger partial charge in [0, 0.05) is 12.5 Å². The monoisotopic (exact) mass is 442 g/mol. The van der Waals surface area contributed by atoms with Crippen LogP contribution < -0.4 is 10.5 Å². The van der Waals surface area contributed by atoms with Crippen LogP contribution in [0.2, 0.25) is 5.02 Å². The number of alkyl halides is 3. The van der Waals surface area contributed by atoms with Crippen LogP contribution in [0.4, 0.5) is 23.2 Å². The lowest BCUT2D eigenvalue weighted by Crippen LogP contribution is -2.40. The number of anilines is 1. The third kappa shape index (κ3) is 3.64. The van der Waals surface area contributed by atoms with Crippen LogP contribution in [0.25, 0.3) is 0 Å². The molecule has 1 N–H and O–H groups in total. The Hall–Kier alpha value is -2.95. The molecule has 1 aromatic carbocycles. The molecule has 0 radical (unpaired) electrons. The molecule has 30 heavy (non-hydrogen) atoms. The molecule has 1 aliphatic rings. The topological polar surface area (TPSA) is 79.7 Å². The third-order valence-electron chi connectivity index (χ3n) is 5.04. The van der Waals surface area contributed by atoms with Crippen LogP contribution in [0.15, 0.2) is 29.2 Å². The summed E-state index contributed by atoms with van der Waals surface area (Å²) in [6, 6.07) is 2.42. The average Bonchev–Trinajstić information content (AvgIpc) is 3.06. The third-order valence-corrected chi connectivity index (χ3v) is 5.41. The lowest BCUT2D eigenvalue weighted by atomic mass is 10.0. The van der Waals surface area contributed by atoms with E-state index < -0.39 is 23.1 Å². The Labute approximate surface area is 172 Å². The van der Waals surface area contributed by atoms with Crippen LogP contribution in [0.1, 0.15) is 29.4 Å². The molecule has 0 saturated heterocycles. The molecule has 12 heteroatoms. The lowest BCUT2D eigenvalue weighted by Gasteiger charge is -2.34. The van der Waals surface area contributed by atoms with Crippen molar-refractivity contribution in [3.05, 3.63) is 68.1 Å². The Bertz CT molecular complexity index is 1160. The van der Waals surface area contributed by atoms with E-state index in [1.807, 2.05) is 11.8 Å². The van der Waals surface area contributed by atoms with Gasteiger partial charge in [-0.2, -0.15) is 18.3 Å². The quantitative estimate of drug-likeness (QED) is 0.630. The number of halogens is 5. The number of rotatable bonds is 3. The zero-order valence-corrected chi connectivity index (χ0v) is 16.3. The van der Waals surface area contributed by atoms with Crippen LogP contribution in [0.3, 0.4) is 0 Å². The summed E-state index contributed by atoms with van der Waals surface area (Å²) < 4.78 is 54.7. The van der Waals surface area contributed by atoms with E-state index in [0.29, 0.717) is 29.6 Å². The van der Waals surface area contributed by atoms with Crippen LogP contribution >= 0.6 is 11.6 Å². The number of nitrogens with zero attached hydrogens (tertiary/aromatic N) is 5. The van der Waals surface area contributed by atoms with Gasteiger partial charge in [0.25, 0.3) is 5.56 Å². The highest BCUT2D eigenvalue weighted by Crippen LogP contribution is 2.34. The highest BCUT2D eigenvalue weighted by atomic mass is 35.5. The largest absolute Gasteiger partial charge is 0.416 e. The minimum atomic E-state index is -4.69. The summed E-state index contributed by atoms with van der Waals surface area (Å²) in [5.41, 5.74) is -0.00446. The van der Waals surface area contributed by atoms with Crippen molar-refractivity contribution in [3.63, 3.8) is 0 Å². The van der Waals surface area contributed by atoms with Crippen molar-refractivity contribution in [2.45, 2.75) is 38.7 Å². The number of benzene rings is 1. The summed E-state index contributed by atoms with van der Waals surface area (Å²) in [6.45, 7) is 1.95. The Balaban J connectivity index is 1.66. The fraction of sp³-hybridized carbons (Fsp3) is 0.333. The number of fused-ring (bicyclic) bond motifs is 1. The van der Waals surface area contributed by atoms with E-state index in [1.54, 1.807) is 0 Å². The first-order valence-electron chi connectivity index (χ1n) is 8.92. The normalized spacial score (nSPS) is 16.6. The molecular formula is C18H15ClF4N6O. The summed E-state index contributed by atoms with van der Waals surface area (Å²) in [5.74, 6) is -0.959. The Morgan fingerprint density at radius 3 is 2.83 bits per heavy atom. The molecule has 0 bridgehead atoms. The van der Waals surface area contributed by atoms with Crippen molar-refractivity contribution >= 4 is 17.3 Å². The zero-order chi connectivity index (χ0) is 21.6. The van der Waals surface area contributed by atoms with Crippen molar-refractivity contribution in [1.82, 2.24) is 25.2 Å². The predicted octanol–water partition coefficient (Wildman–Crippen LogP) is 3.17. The van der Waals surface area contributed by atoms with Crippen molar-refractivity contribution < 1.29 is 17.6 Å². The molecule has 2 aromatic heterocycles. The molecule has 0 amide bonds. The molecule has 3 aromatic rings. The van der Waals surface area contributed by atoms with Crippen molar-refractivity contribution in [1.29, 1.82) is 0 Å². The summed E-state index contributed by atoms with van der Waals surface area (Å²) in [4.78, 5) is 13.6. The number of hydrogen-bond donors (Lipinski definition) is 1. The fourth-order valence-corrected chi connectivity index (χ4v) is 3.76. The number of aromatic amines is 1. The van der Waals surface area contributed by atoms with Gasteiger partial charge in [0.1, 0.15) is 16.5 Å². The Morgan fingerprint density at radius 2 is 2.10 bits per heavy atom. The van der Waals surface area contributed by atoms with Crippen LogP contribution in [0, 0.1) is 5.82 Å². The van der Waals surface area contributed by atoms with Gasteiger partial charge in [0.2, 0.25) is 0 Å². The van der Waals surface area contributed by atoms with E-state index in [1.165, 1.54) is 10.9 Å². The standard InChI is InChI=1S/C18H15ClF4N6O/c1-9-4-14-13(8-28(9)15-6-24-26-17(30)16(15)19)25-27-29(14)7-10-2-3-11(20)5-12(10)18(21,22)23/h2-3,5-6,9H,4,7-8H2,1H3,(H,26,30)/t9-/m1/s1. The van der Waals surface area contributed by atoms with E-state index in [0.717, 1.165) is 12.1 Å². The predicted molar refractivity (Wildman–Crippen MR) is 99.7 cm³/mol. The second-order valence-corrected chi connectivity index (χ2v) is 7.40. The number of hydrogen-bond acceptors (Lipinski definition) is 5. The van der Waals surface area contributed by atoms with Gasteiger partial charge in [-0.05, 0) is 24.6 Å². The van der Waals surface area contributed by atoms with Crippen LogP contribution in [-0.4, -0.2) is 31.2 Å². The number of nitrogens with one attached hydrogen (secondary N) is 1. The second kappa shape index (κ2) is 7.38. The molecule has 0 unspecified atom stereocenters. The van der Waals surface area contributed by atoms with Gasteiger partial charge in [-0.15, -0.1) is 5.10 Å². The molecule has 3 heterocycles. The zero-order valence-electron chi connectivity index (χ0n) is 15.5. The smallest absolute Gasteiger partial charge is 0.360 e. The molecule has 0 saturated carbocycles. The Morgan fingerprint density at radius 1 is 1.33 bits per heavy atom. The highest BCUT2D eigenvalue weighted by molar-refractivity contribution is 6.33. The molecule has 0 fully saturated rings. The SMILES string of the molecule is C[C@@H]1Cc2c(nnn2Cc2ccc(F)cc2C(F)(F)F)CN1c1cn[nH]c(=O)c1Cl. The molecule has 4 rings (SSSR count). The summed E-state index contributed by atoms with van der Waals surface area (Å²) >= 11 is 6.10. The second-order valence-electron chi connectivity index (χ2n) is 7.02. The summed E-state index contributed by atoms with van der Waals surface area (Å²) in [5, 5.41) is 14.1. The first kappa shape index (κ1) is 20.3. The average molecular weight is 443 g/mol. The minimum Gasteiger partial charge on any atom is -0.360 e. The van der Waals surface area contributed by atoms with Crippen LogP contribution in [-0.2, 0) is 25.7 Å². The van der Waals surface area contributed by atoms with Gasteiger partial charge < -0.3 is 4.90 Å². The molecule has 1 aliphatic heterocycles. The van der Waals surface area contributed by atoms with Gasteiger partial charge in [0.15, 0.2) is 0 Å². The van der Waals surface area contributed by atoms with E-state index in [2.05, 4.69) is 20.5 Å². The lowest BCUT2D eigenvalue weighted by molar-refractivity contribution is -0.138. The van der Waals surface area contributed by atoms with E-state index >= 15 is 0 Å². The van der Waals surface area contributed by atoms with Gasteiger partial charge in [0.05, 0.1) is 36.2 Å². The van der Waals surface area contributed by atoms with Gasteiger partial charge in [-0.25, -0.2) is 14.2 Å². The molecule has 158 valence electrons. The molecular weight excluding hydrogens is 428 g/mol. The maximum atomic E-state index is 13.4. The number of aromatic nitrogens is 5. The summed E-state index contributed by atoms with van der Waals surface area (Å²) in [7, 11) is 0. The van der Waals surface area contributed by atoms with E-state index in [-0.39, 0.29) is 29.7 Å². The fourth-order valence-electron chi connectivity index (χ4n) is 3.56. The maximum Gasteiger partial charge on any atom is 0.416 e. The minimum absolute atomic E-state index is 0.00572. The van der Waals surface area contributed by atoms with Gasteiger partial charge in [-0.1, -0.05) is 22.9 Å². The Kier molecular flexibility index (Phi) is 5.00.